The van der Waals surface area contributed by atoms with Crippen molar-refractivity contribution >= 4 is 15.8 Å². The van der Waals surface area contributed by atoms with Crippen molar-refractivity contribution in [3.05, 3.63) is 72.8 Å². The number of primary sulfonamides is 1. The summed E-state index contributed by atoms with van der Waals surface area (Å²) in [6.07, 6.45) is 3.41. The summed E-state index contributed by atoms with van der Waals surface area (Å²) in [5.74, 6) is 0.0836. The van der Waals surface area contributed by atoms with Crippen LogP contribution in [-0.4, -0.2) is 22.8 Å². The van der Waals surface area contributed by atoms with Gasteiger partial charge in [-0.15, -0.1) is 0 Å². The summed E-state index contributed by atoms with van der Waals surface area (Å²) in [6.45, 7) is 0. The second-order valence-corrected chi connectivity index (χ2v) is 7.24. The van der Waals surface area contributed by atoms with Crippen molar-refractivity contribution in [1.29, 1.82) is 0 Å². The number of rotatable bonds is 3. The minimum Gasteiger partial charge on any atom is -0.283 e. The molecule has 0 fully saturated rings. The third-order valence-electron chi connectivity index (χ3n) is 3.96. The lowest BCUT2D eigenvalue weighted by molar-refractivity contribution is 0.598. The molecule has 2 aromatic heterocycles. The van der Waals surface area contributed by atoms with Gasteiger partial charge in [-0.25, -0.2) is 27.9 Å². The number of nitrogens with two attached hydrogens (primary N) is 1. The van der Waals surface area contributed by atoms with Gasteiger partial charge in [0.15, 0.2) is 0 Å². The molecule has 26 heavy (non-hydrogen) atoms. The van der Waals surface area contributed by atoms with Crippen LogP contribution in [0.1, 0.15) is 0 Å². The topological polar surface area (TPSA) is 90.4 Å². The molecule has 2 N–H and O–H groups in total. The molecule has 0 aliphatic heterocycles. The van der Waals surface area contributed by atoms with Crippen molar-refractivity contribution in [1.82, 2.24) is 14.4 Å². The van der Waals surface area contributed by atoms with E-state index in [1.165, 1.54) is 24.3 Å². The second kappa shape index (κ2) is 6.01. The van der Waals surface area contributed by atoms with Crippen LogP contribution in [0.5, 0.6) is 0 Å². The Morgan fingerprint density at radius 1 is 1.00 bits per heavy atom. The first-order chi connectivity index (χ1) is 12.4. The van der Waals surface area contributed by atoms with Crippen LogP contribution in [0.15, 0.2) is 71.9 Å². The molecule has 6 nitrogen and oxygen atoms in total. The number of hydrogen-bond acceptors (Lipinski definition) is 4. The van der Waals surface area contributed by atoms with E-state index in [1.54, 1.807) is 47.1 Å². The Balaban J connectivity index is 1.98. The van der Waals surface area contributed by atoms with Gasteiger partial charge >= 0.3 is 0 Å². The summed E-state index contributed by atoms with van der Waals surface area (Å²) in [7, 11) is -3.78. The maximum Gasteiger partial charge on any atom is 0.238 e. The van der Waals surface area contributed by atoms with Gasteiger partial charge in [-0.3, -0.25) is 4.40 Å². The van der Waals surface area contributed by atoms with Gasteiger partial charge in [0.05, 0.1) is 16.3 Å². The van der Waals surface area contributed by atoms with E-state index in [-0.39, 0.29) is 10.7 Å². The van der Waals surface area contributed by atoms with Crippen LogP contribution in [0.2, 0.25) is 0 Å². The fourth-order valence-electron chi connectivity index (χ4n) is 2.80. The van der Waals surface area contributed by atoms with Gasteiger partial charge in [0.1, 0.15) is 5.82 Å². The fraction of sp³-hybridized carbons (Fsp3) is 0. The first kappa shape index (κ1) is 16.4. The SMILES string of the molecule is NS(=O)(=O)c1ccc(-c2c(-c3cccc(F)c3)nc3ncccn23)cc1. The highest BCUT2D eigenvalue weighted by Crippen LogP contribution is 2.32. The quantitative estimate of drug-likeness (QED) is 0.602. The number of fused-ring (bicyclic) bond motifs is 1. The lowest BCUT2D eigenvalue weighted by atomic mass is 10.0. The van der Waals surface area contributed by atoms with E-state index >= 15 is 0 Å². The zero-order valence-electron chi connectivity index (χ0n) is 13.4. The summed E-state index contributed by atoms with van der Waals surface area (Å²) < 4.78 is 38.4. The molecule has 130 valence electrons. The Morgan fingerprint density at radius 2 is 1.77 bits per heavy atom. The number of aromatic nitrogens is 3. The lowest BCUT2D eigenvalue weighted by Gasteiger charge is -2.07. The number of sulfonamides is 1. The Morgan fingerprint density at radius 3 is 2.46 bits per heavy atom. The largest absolute Gasteiger partial charge is 0.283 e. The summed E-state index contributed by atoms with van der Waals surface area (Å²) >= 11 is 0. The predicted molar refractivity (Wildman–Crippen MR) is 95.2 cm³/mol. The van der Waals surface area contributed by atoms with Crippen molar-refractivity contribution < 1.29 is 12.8 Å². The van der Waals surface area contributed by atoms with E-state index in [1.807, 2.05) is 0 Å². The number of nitrogens with zero attached hydrogens (tertiary/aromatic N) is 3. The van der Waals surface area contributed by atoms with Crippen molar-refractivity contribution in [2.24, 2.45) is 5.14 Å². The van der Waals surface area contributed by atoms with Crippen LogP contribution in [0.4, 0.5) is 4.39 Å². The molecule has 0 saturated carbocycles. The van der Waals surface area contributed by atoms with Crippen LogP contribution in [0.25, 0.3) is 28.3 Å². The molecule has 0 radical (unpaired) electrons. The van der Waals surface area contributed by atoms with E-state index in [0.717, 1.165) is 0 Å². The van der Waals surface area contributed by atoms with E-state index < -0.39 is 10.0 Å². The molecule has 0 atom stereocenters. The van der Waals surface area contributed by atoms with Crippen LogP contribution >= 0.6 is 0 Å². The minimum atomic E-state index is -3.78. The molecule has 4 aromatic rings. The number of benzene rings is 2. The van der Waals surface area contributed by atoms with E-state index in [4.69, 9.17) is 5.14 Å². The summed E-state index contributed by atoms with van der Waals surface area (Å²) in [5, 5.41) is 5.16. The molecule has 0 amide bonds. The van der Waals surface area contributed by atoms with Gasteiger partial charge in [-0.1, -0.05) is 24.3 Å². The Bertz CT molecular complexity index is 1220. The highest BCUT2D eigenvalue weighted by atomic mass is 32.2. The molecule has 0 unspecified atom stereocenters. The van der Waals surface area contributed by atoms with Gasteiger partial charge in [0.2, 0.25) is 15.8 Å². The third kappa shape index (κ3) is 2.85. The second-order valence-electron chi connectivity index (χ2n) is 5.68. The average molecular weight is 368 g/mol. The Labute approximate surface area is 148 Å². The van der Waals surface area contributed by atoms with Crippen LogP contribution in [-0.2, 0) is 10.0 Å². The summed E-state index contributed by atoms with van der Waals surface area (Å²) in [4.78, 5) is 8.76. The van der Waals surface area contributed by atoms with Gasteiger partial charge < -0.3 is 0 Å². The van der Waals surface area contributed by atoms with Crippen LogP contribution in [0.3, 0.4) is 0 Å². The third-order valence-corrected chi connectivity index (χ3v) is 4.89. The Kier molecular flexibility index (Phi) is 3.78. The predicted octanol–water partition coefficient (Wildman–Crippen LogP) is 2.85. The molecule has 2 heterocycles. The zero-order valence-corrected chi connectivity index (χ0v) is 14.2. The highest BCUT2D eigenvalue weighted by molar-refractivity contribution is 7.89. The fourth-order valence-corrected chi connectivity index (χ4v) is 3.32. The first-order valence-electron chi connectivity index (χ1n) is 7.66. The average Bonchev–Trinajstić information content (AvgIpc) is 3.00. The molecular weight excluding hydrogens is 355 g/mol. The normalized spacial score (nSPS) is 11.8. The first-order valence-corrected chi connectivity index (χ1v) is 9.20. The molecule has 0 saturated heterocycles. The van der Waals surface area contributed by atoms with Gasteiger partial charge in [-0.2, -0.15) is 0 Å². The number of imidazole rings is 1. The maximum atomic E-state index is 13.7. The molecule has 4 rings (SSSR count). The van der Waals surface area contributed by atoms with Crippen molar-refractivity contribution in [3.63, 3.8) is 0 Å². The summed E-state index contributed by atoms with van der Waals surface area (Å²) in [6, 6.07) is 14.0. The molecular formula is C18H13FN4O2S. The monoisotopic (exact) mass is 368 g/mol. The van der Waals surface area contributed by atoms with Crippen LogP contribution in [0, 0.1) is 5.82 Å². The Hall–Kier alpha value is -3.10. The minimum absolute atomic E-state index is 0.0144. The molecule has 8 heteroatoms. The summed E-state index contributed by atoms with van der Waals surface area (Å²) in [5.41, 5.74) is 2.53. The molecule has 0 bridgehead atoms. The van der Waals surface area contributed by atoms with Crippen molar-refractivity contribution in [3.8, 4) is 22.5 Å². The standard InChI is InChI=1S/C18H13FN4O2S/c19-14-4-1-3-13(11-14)16-17(23-10-2-9-21-18(23)22-16)12-5-7-15(8-6-12)26(20,24)25/h1-11H,(H2,20,24,25). The molecule has 0 aliphatic rings. The number of hydrogen-bond donors (Lipinski definition) is 1. The maximum absolute atomic E-state index is 13.7. The van der Waals surface area contributed by atoms with Gasteiger partial charge in [-0.05, 0) is 30.3 Å². The van der Waals surface area contributed by atoms with Gasteiger partial charge in [0.25, 0.3) is 0 Å². The smallest absolute Gasteiger partial charge is 0.238 e. The zero-order chi connectivity index (χ0) is 18.3. The molecule has 2 aromatic carbocycles. The van der Waals surface area contributed by atoms with Crippen molar-refractivity contribution in [2.75, 3.05) is 0 Å². The van der Waals surface area contributed by atoms with Gasteiger partial charge in [0, 0.05) is 23.5 Å². The highest BCUT2D eigenvalue weighted by Gasteiger charge is 2.17. The molecule has 0 aliphatic carbocycles. The lowest BCUT2D eigenvalue weighted by Crippen LogP contribution is -2.11. The van der Waals surface area contributed by atoms with E-state index in [0.29, 0.717) is 28.3 Å². The van der Waals surface area contributed by atoms with Crippen molar-refractivity contribution in [2.45, 2.75) is 4.90 Å². The van der Waals surface area contributed by atoms with Crippen LogP contribution < -0.4 is 5.14 Å². The van der Waals surface area contributed by atoms with E-state index in [2.05, 4.69) is 9.97 Å². The molecule has 0 spiro atoms. The number of halogens is 1. The van der Waals surface area contributed by atoms with E-state index in [9.17, 15) is 12.8 Å².